The highest BCUT2D eigenvalue weighted by Crippen LogP contribution is 2.23. The van der Waals surface area contributed by atoms with Crippen molar-refractivity contribution in [1.82, 2.24) is 4.57 Å². The van der Waals surface area contributed by atoms with E-state index in [-0.39, 0.29) is 18.2 Å². The molecule has 0 fully saturated rings. The number of hydrogen-bond donors (Lipinski definition) is 0. The number of esters is 2. The lowest BCUT2D eigenvalue weighted by Crippen LogP contribution is -2.13. The van der Waals surface area contributed by atoms with E-state index in [1.807, 2.05) is 32.9 Å². The van der Waals surface area contributed by atoms with Crippen molar-refractivity contribution in [3.63, 3.8) is 0 Å². The molecule has 158 valence electrons. The third kappa shape index (κ3) is 5.37. The number of aromatic nitrogens is 1. The Morgan fingerprint density at radius 1 is 1.20 bits per heavy atom. The molecule has 0 N–H and O–H groups in total. The second-order valence-electron chi connectivity index (χ2n) is 6.94. The van der Waals surface area contributed by atoms with Crippen LogP contribution in [0.1, 0.15) is 45.8 Å². The van der Waals surface area contributed by atoms with Crippen molar-refractivity contribution in [3.8, 4) is 6.07 Å². The molecule has 1 atom stereocenters. The minimum atomic E-state index is -0.704. The Morgan fingerprint density at radius 2 is 1.87 bits per heavy atom. The summed E-state index contributed by atoms with van der Waals surface area (Å²) in [6.07, 6.45) is 1.54. The van der Waals surface area contributed by atoms with Crippen LogP contribution in [-0.4, -0.2) is 37.3 Å². The van der Waals surface area contributed by atoms with Crippen molar-refractivity contribution in [2.75, 3.05) is 20.8 Å². The van der Waals surface area contributed by atoms with Crippen LogP contribution >= 0.6 is 0 Å². The molecule has 0 amide bonds. The van der Waals surface area contributed by atoms with E-state index < -0.39 is 11.9 Å². The third-order valence-electron chi connectivity index (χ3n) is 4.76. The first-order valence-corrected chi connectivity index (χ1v) is 9.45. The van der Waals surface area contributed by atoms with E-state index in [1.54, 1.807) is 37.5 Å². The SMILES string of the molecule is COC[C@H](C)n1c(C)cc(/C=C(\C#N)C(=O)OCc2ccc(C(=O)OC)cc2)c1C. The zero-order valence-electron chi connectivity index (χ0n) is 17.9. The molecule has 0 bridgehead atoms. The molecule has 1 aromatic heterocycles. The van der Waals surface area contributed by atoms with Crippen molar-refractivity contribution >= 4 is 18.0 Å². The van der Waals surface area contributed by atoms with Gasteiger partial charge in [-0.1, -0.05) is 12.1 Å². The van der Waals surface area contributed by atoms with Crippen LogP contribution in [0.2, 0.25) is 0 Å². The molecule has 0 radical (unpaired) electrons. The molecule has 7 heteroatoms. The Balaban J connectivity index is 2.13. The van der Waals surface area contributed by atoms with E-state index in [1.165, 1.54) is 7.11 Å². The van der Waals surface area contributed by atoms with Gasteiger partial charge in [0, 0.05) is 18.5 Å². The quantitative estimate of drug-likeness (QED) is 0.374. The molecule has 0 unspecified atom stereocenters. The second-order valence-corrected chi connectivity index (χ2v) is 6.94. The zero-order valence-corrected chi connectivity index (χ0v) is 17.9. The second kappa shape index (κ2) is 10.4. The van der Waals surface area contributed by atoms with E-state index in [9.17, 15) is 14.9 Å². The minimum absolute atomic E-state index is 0.0107. The highest BCUT2D eigenvalue weighted by atomic mass is 16.5. The van der Waals surface area contributed by atoms with Crippen LogP contribution in [0.5, 0.6) is 0 Å². The van der Waals surface area contributed by atoms with Crippen LogP contribution in [0, 0.1) is 25.2 Å². The van der Waals surface area contributed by atoms with Gasteiger partial charge in [-0.3, -0.25) is 0 Å². The zero-order chi connectivity index (χ0) is 22.3. The molecule has 0 aliphatic carbocycles. The number of rotatable bonds is 8. The van der Waals surface area contributed by atoms with Gasteiger partial charge >= 0.3 is 11.9 Å². The fourth-order valence-electron chi connectivity index (χ4n) is 3.32. The van der Waals surface area contributed by atoms with Gasteiger partial charge in [0.1, 0.15) is 18.2 Å². The first-order valence-electron chi connectivity index (χ1n) is 9.45. The van der Waals surface area contributed by atoms with Gasteiger partial charge in [0.05, 0.1) is 25.3 Å². The Labute approximate surface area is 176 Å². The highest BCUT2D eigenvalue weighted by molar-refractivity contribution is 5.98. The van der Waals surface area contributed by atoms with Crippen LogP contribution in [0.25, 0.3) is 6.08 Å². The van der Waals surface area contributed by atoms with Crippen molar-refractivity contribution in [3.05, 3.63) is 64.0 Å². The first kappa shape index (κ1) is 22.9. The Hall–Kier alpha value is -3.37. The number of aryl methyl sites for hydroxylation is 1. The standard InChI is InChI=1S/C23H26N2O5/c1-15-10-20(17(3)25(15)16(2)13-28-4)11-21(12-24)23(27)30-14-18-6-8-19(9-7-18)22(26)29-5/h6-11,16H,13-14H2,1-5H3/b21-11+/t16-/m0/s1. The van der Waals surface area contributed by atoms with E-state index in [4.69, 9.17) is 9.47 Å². The van der Waals surface area contributed by atoms with Crippen molar-refractivity contribution in [1.29, 1.82) is 5.26 Å². The summed E-state index contributed by atoms with van der Waals surface area (Å²) in [5, 5.41) is 9.44. The van der Waals surface area contributed by atoms with Gasteiger partial charge in [0.2, 0.25) is 0 Å². The lowest BCUT2D eigenvalue weighted by atomic mass is 10.1. The molecule has 0 aliphatic heterocycles. The molecule has 0 saturated carbocycles. The maximum Gasteiger partial charge on any atom is 0.349 e. The minimum Gasteiger partial charge on any atom is -0.465 e. The largest absolute Gasteiger partial charge is 0.465 e. The monoisotopic (exact) mass is 410 g/mol. The molecule has 1 heterocycles. The van der Waals surface area contributed by atoms with E-state index in [0.29, 0.717) is 17.7 Å². The van der Waals surface area contributed by atoms with Crippen molar-refractivity contribution in [2.45, 2.75) is 33.4 Å². The molecule has 2 rings (SSSR count). The highest BCUT2D eigenvalue weighted by Gasteiger charge is 2.16. The van der Waals surface area contributed by atoms with Gasteiger partial charge < -0.3 is 18.8 Å². The number of carbonyl (C=O) groups excluding carboxylic acids is 2. The lowest BCUT2D eigenvalue weighted by molar-refractivity contribution is -0.139. The Morgan fingerprint density at radius 3 is 2.43 bits per heavy atom. The fraction of sp³-hybridized carbons (Fsp3) is 0.348. The third-order valence-corrected chi connectivity index (χ3v) is 4.76. The molecule has 0 aliphatic rings. The van der Waals surface area contributed by atoms with Crippen LogP contribution in [0.3, 0.4) is 0 Å². The predicted molar refractivity (Wildman–Crippen MR) is 112 cm³/mol. The fourth-order valence-corrected chi connectivity index (χ4v) is 3.32. The maximum absolute atomic E-state index is 12.4. The van der Waals surface area contributed by atoms with Gasteiger partial charge in [0.15, 0.2) is 0 Å². The predicted octanol–water partition coefficient (Wildman–Crippen LogP) is 3.75. The van der Waals surface area contributed by atoms with Gasteiger partial charge in [-0.05, 0) is 56.2 Å². The average molecular weight is 410 g/mol. The summed E-state index contributed by atoms with van der Waals surface area (Å²) in [5.41, 5.74) is 3.76. The number of methoxy groups -OCH3 is 2. The van der Waals surface area contributed by atoms with E-state index >= 15 is 0 Å². The molecule has 1 aromatic carbocycles. The summed E-state index contributed by atoms with van der Waals surface area (Å²) in [7, 11) is 2.96. The molecular formula is C23H26N2O5. The maximum atomic E-state index is 12.4. The normalized spacial score (nSPS) is 12.2. The first-order chi connectivity index (χ1) is 14.3. The number of hydrogen-bond acceptors (Lipinski definition) is 6. The number of carbonyl (C=O) groups is 2. The number of ether oxygens (including phenoxy) is 3. The summed E-state index contributed by atoms with van der Waals surface area (Å²) >= 11 is 0. The topological polar surface area (TPSA) is 90.5 Å². The Kier molecular flexibility index (Phi) is 7.96. The number of nitrogens with zero attached hydrogens (tertiary/aromatic N) is 2. The number of benzene rings is 1. The van der Waals surface area contributed by atoms with E-state index in [2.05, 4.69) is 9.30 Å². The van der Waals surface area contributed by atoms with Crippen LogP contribution in [-0.2, 0) is 25.6 Å². The van der Waals surface area contributed by atoms with E-state index in [0.717, 1.165) is 17.0 Å². The van der Waals surface area contributed by atoms with Crippen molar-refractivity contribution in [2.24, 2.45) is 0 Å². The molecular weight excluding hydrogens is 384 g/mol. The number of nitriles is 1. The molecule has 0 saturated heterocycles. The summed E-state index contributed by atoms with van der Waals surface area (Å²) in [6.45, 7) is 6.50. The lowest BCUT2D eigenvalue weighted by Gasteiger charge is -2.17. The van der Waals surface area contributed by atoms with Gasteiger partial charge in [0.25, 0.3) is 0 Å². The molecule has 7 nitrogen and oxygen atoms in total. The molecule has 2 aromatic rings. The summed E-state index contributed by atoms with van der Waals surface area (Å²) in [5.74, 6) is -1.14. The van der Waals surface area contributed by atoms with Crippen LogP contribution < -0.4 is 0 Å². The molecule has 30 heavy (non-hydrogen) atoms. The summed E-state index contributed by atoms with van der Waals surface area (Å²) in [4.78, 5) is 23.9. The van der Waals surface area contributed by atoms with Crippen LogP contribution in [0.15, 0.2) is 35.9 Å². The summed E-state index contributed by atoms with van der Waals surface area (Å²) < 4.78 is 17.3. The van der Waals surface area contributed by atoms with Crippen LogP contribution in [0.4, 0.5) is 0 Å². The smallest absolute Gasteiger partial charge is 0.349 e. The van der Waals surface area contributed by atoms with Crippen molar-refractivity contribution < 1.29 is 23.8 Å². The van der Waals surface area contributed by atoms with Gasteiger partial charge in [-0.2, -0.15) is 5.26 Å². The van der Waals surface area contributed by atoms with Gasteiger partial charge in [-0.15, -0.1) is 0 Å². The summed E-state index contributed by atoms with van der Waals surface area (Å²) in [6, 6.07) is 10.5. The molecule has 0 spiro atoms. The Bertz CT molecular complexity index is 980. The average Bonchev–Trinajstić information content (AvgIpc) is 3.03. The van der Waals surface area contributed by atoms with Gasteiger partial charge in [-0.25, -0.2) is 9.59 Å².